The van der Waals surface area contributed by atoms with Gasteiger partial charge in [-0.3, -0.25) is 9.36 Å². The number of rotatable bonds is 6. The lowest BCUT2D eigenvalue weighted by Crippen LogP contribution is -2.36. The first-order chi connectivity index (χ1) is 11.3. The number of nitrogens with zero attached hydrogens (tertiary/aromatic N) is 3. The van der Waals surface area contributed by atoms with E-state index in [2.05, 4.69) is 20.0 Å². The number of imidazole rings is 1. The molecule has 24 heavy (non-hydrogen) atoms. The van der Waals surface area contributed by atoms with Crippen LogP contribution in [0.2, 0.25) is 0 Å². The van der Waals surface area contributed by atoms with Crippen LogP contribution in [-0.2, 0) is 16.1 Å². The number of amides is 1. The van der Waals surface area contributed by atoms with Gasteiger partial charge in [-0.15, -0.1) is 0 Å². The summed E-state index contributed by atoms with van der Waals surface area (Å²) >= 11 is 0. The summed E-state index contributed by atoms with van der Waals surface area (Å²) in [6.07, 6.45) is -0.668. The molecule has 0 saturated carbocycles. The standard InChI is InChI=1S/C15H17F3N4O2/c1-10(24-9-15(16,17)18)14(23)21-8-12-3-4-20-13(7-12)22-6-5-19-11(22)2/h3-7,10H,8-9H2,1-2H3,(H,21,23). The van der Waals surface area contributed by atoms with E-state index in [9.17, 15) is 18.0 Å². The minimum absolute atomic E-state index is 0.155. The fourth-order valence-corrected chi connectivity index (χ4v) is 1.95. The summed E-state index contributed by atoms with van der Waals surface area (Å²) < 4.78 is 42.5. The molecule has 9 heteroatoms. The minimum Gasteiger partial charge on any atom is -0.359 e. The maximum absolute atomic E-state index is 12.1. The molecule has 0 aromatic carbocycles. The third-order valence-electron chi connectivity index (χ3n) is 3.22. The highest BCUT2D eigenvalue weighted by Crippen LogP contribution is 2.15. The van der Waals surface area contributed by atoms with Crippen LogP contribution >= 0.6 is 0 Å². The second-order valence-corrected chi connectivity index (χ2v) is 5.15. The number of alkyl halides is 3. The minimum atomic E-state index is -4.46. The zero-order chi connectivity index (χ0) is 17.7. The Kier molecular flexibility index (Phi) is 5.55. The van der Waals surface area contributed by atoms with Crippen molar-refractivity contribution in [1.82, 2.24) is 19.9 Å². The van der Waals surface area contributed by atoms with E-state index < -0.39 is 24.8 Å². The molecule has 6 nitrogen and oxygen atoms in total. The zero-order valence-electron chi connectivity index (χ0n) is 13.2. The van der Waals surface area contributed by atoms with Crippen LogP contribution in [0.4, 0.5) is 13.2 Å². The maximum Gasteiger partial charge on any atom is 0.411 e. The molecule has 2 aromatic heterocycles. The summed E-state index contributed by atoms with van der Waals surface area (Å²) in [5.74, 6) is 0.785. The van der Waals surface area contributed by atoms with E-state index in [0.29, 0.717) is 5.82 Å². The predicted octanol–water partition coefficient (Wildman–Crippen LogP) is 2.16. The average molecular weight is 342 g/mol. The molecule has 2 aromatic rings. The molecule has 1 amide bonds. The molecule has 0 aliphatic heterocycles. The van der Waals surface area contributed by atoms with Gasteiger partial charge in [-0.05, 0) is 31.5 Å². The van der Waals surface area contributed by atoms with Gasteiger partial charge in [0.1, 0.15) is 24.4 Å². The van der Waals surface area contributed by atoms with Crippen LogP contribution in [0.25, 0.3) is 5.82 Å². The third kappa shape index (κ3) is 5.05. The molecule has 0 bridgehead atoms. The number of nitrogens with one attached hydrogen (secondary N) is 1. The van der Waals surface area contributed by atoms with Crippen molar-refractivity contribution in [3.05, 3.63) is 42.1 Å². The second-order valence-electron chi connectivity index (χ2n) is 5.15. The van der Waals surface area contributed by atoms with E-state index >= 15 is 0 Å². The Hall–Kier alpha value is -2.42. The Labute approximate surface area is 136 Å². The lowest BCUT2D eigenvalue weighted by molar-refractivity contribution is -0.185. The number of aromatic nitrogens is 3. The van der Waals surface area contributed by atoms with E-state index in [1.54, 1.807) is 35.3 Å². The quantitative estimate of drug-likeness (QED) is 0.873. The zero-order valence-corrected chi connectivity index (χ0v) is 13.2. The maximum atomic E-state index is 12.1. The Bertz CT molecular complexity index is 700. The van der Waals surface area contributed by atoms with Crippen LogP contribution in [0.1, 0.15) is 18.3 Å². The van der Waals surface area contributed by atoms with Gasteiger partial charge in [0.25, 0.3) is 0 Å². The number of aryl methyl sites for hydroxylation is 1. The lowest BCUT2D eigenvalue weighted by atomic mass is 10.2. The first kappa shape index (κ1) is 17.9. The molecular weight excluding hydrogens is 325 g/mol. The van der Waals surface area contributed by atoms with Crippen molar-refractivity contribution in [1.29, 1.82) is 0 Å². The van der Waals surface area contributed by atoms with E-state index in [-0.39, 0.29) is 6.54 Å². The molecule has 130 valence electrons. The van der Waals surface area contributed by atoms with Gasteiger partial charge in [-0.2, -0.15) is 13.2 Å². The molecule has 0 radical (unpaired) electrons. The lowest BCUT2D eigenvalue weighted by Gasteiger charge is -2.15. The Morgan fingerprint density at radius 3 is 2.75 bits per heavy atom. The largest absolute Gasteiger partial charge is 0.411 e. The summed E-state index contributed by atoms with van der Waals surface area (Å²) in [5.41, 5.74) is 0.754. The van der Waals surface area contributed by atoms with Crippen molar-refractivity contribution < 1.29 is 22.7 Å². The Balaban J connectivity index is 1.92. The van der Waals surface area contributed by atoms with Crippen LogP contribution in [0.15, 0.2) is 30.7 Å². The number of carbonyl (C=O) groups excluding carboxylic acids is 1. The molecule has 1 N–H and O–H groups in total. The van der Waals surface area contributed by atoms with E-state index in [1.165, 1.54) is 6.92 Å². The predicted molar refractivity (Wildman–Crippen MR) is 79.4 cm³/mol. The molecule has 0 saturated heterocycles. The van der Waals surface area contributed by atoms with Gasteiger partial charge in [-0.1, -0.05) is 0 Å². The second kappa shape index (κ2) is 7.43. The van der Waals surface area contributed by atoms with Gasteiger partial charge >= 0.3 is 6.18 Å². The third-order valence-corrected chi connectivity index (χ3v) is 3.22. The van der Waals surface area contributed by atoms with E-state index in [1.807, 2.05) is 6.92 Å². The Morgan fingerprint density at radius 1 is 1.38 bits per heavy atom. The van der Waals surface area contributed by atoms with Crippen LogP contribution in [0.3, 0.4) is 0 Å². The number of halogens is 3. The molecular formula is C15H17F3N4O2. The molecule has 0 fully saturated rings. The van der Waals surface area contributed by atoms with Gasteiger partial charge in [-0.25, -0.2) is 9.97 Å². The van der Waals surface area contributed by atoms with Crippen molar-refractivity contribution in [3.63, 3.8) is 0 Å². The summed E-state index contributed by atoms with van der Waals surface area (Å²) in [6.45, 7) is 1.80. The van der Waals surface area contributed by atoms with Crippen LogP contribution in [0.5, 0.6) is 0 Å². The molecule has 2 rings (SSSR count). The first-order valence-electron chi connectivity index (χ1n) is 7.17. The number of hydrogen-bond acceptors (Lipinski definition) is 4. The molecule has 0 aliphatic rings. The number of carbonyl (C=O) groups is 1. The summed E-state index contributed by atoms with van der Waals surface area (Å²) in [5, 5.41) is 2.54. The van der Waals surface area contributed by atoms with Crippen LogP contribution < -0.4 is 5.32 Å². The topological polar surface area (TPSA) is 69.0 Å². The molecule has 1 atom stereocenters. The fourth-order valence-electron chi connectivity index (χ4n) is 1.95. The van der Waals surface area contributed by atoms with E-state index in [0.717, 1.165) is 11.4 Å². The van der Waals surface area contributed by atoms with Gasteiger partial charge in [0.2, 0.25) is 5.91 Å². The highest BCUT2D eigenvalue weighted by atomic mass is 19.4. The van der Waals surface area contributed by atoms with Gasteiger partial charge < -0.3 is 10.1 Å². The van der Waals surface area contributed by atoms with Crippen LogP contribution in [0, 0.1) is 6.92 Å². The number of pyridine rings is 1. The summed E-state index contributed by atoms with van der Waals surface area (Å²) in [4.78, 5) is 20.1. The fraction of sp³-hybridized carbons (Fsp3) is 0.400. The van der Waals surface area contributed by atoms with Gasteiger partial charge in [0, 0.05) is 25.1 Å². The molecule has 2 heterocycles. The average Bonchev–Trinajstić information content (AvgIpc) is 2.96. The Morgan fingerprint density at radius 2 is 2.12 bits per heavy atom. The smallest absolute Gasteiger partial charge is 0.359 e. The highest BCUT2D eigenvalue weighted by molar-refractivity contribution is 5.80. The van der Waals surface area contributed by atoms with Crippen molar-refractivity contribution >= 4 is 5.91 Å². The van der Waals surface area contributed by atoms with Crippen LogP contribution in [-0.4, -0.2) is 39.3 Å². The normalized spacial score (nSPS) is 12.9. The first-order valence-corrected chi connectivity index (χ1v) is 7.17. The number of hydrogen-bond donors (Lipinski definition) is 1. The summed E-state index contributed by atoms with van der Waals surface area (Å²) in [6, 6.07) is 3.47. The molecule has 0 aliphatic carbocycles. The molecule has 1 unspecified atom stereocenters. The highest BCUT2D eigenvalue weighted by Gasteiger charge is 2.29. The van der Waals surface area contributed by atoms with Crippen molar-refractivity contribution in [2.75, 3.05) is 6.61 Å². The number of ether oxygens (including phenoxy) is 1. The monoisotopic (exact) mass is 342 g/mol. The summed E-state index contributed by atoms with van der Waals surface area (Å²) in [7, 11) is 0. The van der Waals surface area contributed by atoms with Gasteiger partial charge in [0.05, 0.1) is 0 Å². The van der Waals surface area contributed by atoms with Crippen molar-refractivity contribution in [2.24, 2.45) is 0 Å². The van der Waals surface area contributed by atoms with E-state index in [4.69, 9.17) is 0 Å². The molecule has 0 spiro atoms. The van der Waals surface area contributed by atoms with Gasteiger partial charge in [0.15, 0.2) is 0 Å². The van der Waals surface area contributed by atoms with Crippen molar-refractivity contribution in [3.8, 4) is 5.82 Å². The SMILES string of the molecule is Cc1nccn1-c1cc(CNC(=O)C(C)OCC(F)(F)F)ccn1. The van der Waals surface area contributed by atoms with Crippen molar-refractivity contribution in [2.45, 2.75) is 32.7 Å².